The van der Waals surface area contributed by atoms with Gasteiger partial charge in [0.05, 0.1) is 12.3 Å². The van der Waals surface area contributed by atoms with E-state index in [1.807, 2.05) is 18.2 Å². The topological polar surface area (TPSA) is 55.5 Å². The SMILES string of the molecule is O[C@@H]1CCc2cc(OCc3ccno3)ccc21. The molecule has 0 bridgehead atoms. The minimum absolute atomic E-state index is 0.312. The summed E-state index contributed by atoms with van der Waals surface area (Å²) in [5.74, 6) is 1.50. The number of fused-ring (bicyclic) bond motifs is 1. The van der Waals surface area contributed by atoms with E-state index in [1.165, 1.54) is 5.56 Å². The molecule has 1 N–H and O–H groups in total. The quantitative estimate of drug-likeness (QED) is 0.880. The third-order valence-corrected chi connectivity index (χ3v) is 3.03. The molecule has 1 atom stereocenters. The fraction of sp³-hybridized carbons (Fsp3) is 0.308. The molecule has 0 aliphatic heterocycles. The Hall–Kier alpha value is -1.81. The summed E-state index contributed by atoms with van der Waals surface area (Å²) in [5.41, 5.74) is 2.20. The predicted octanol–water partition coefficient (Wildman–Crippen LogP) is 2.23. The predicted molar refractivity (Wildman–Crippen MR) is 60.6 cm³/mol. The Morgan fingerprint density at radius 2 is 2.35 bits per heavy atom. The largest absolute Gasteiger partial charge is 0.486 e. The van der Waals surface area contributed by atoms with E-state index >= 15 is 0 Å². The Morgan fingerprint density at radius 3 is 3.18 bits per heavy atom. The van der Waals surface area contributed by atoms with E-state index in [4.69, 9.17) is 9.26 Å². The first-order valence-electron chi connectivity index (χ1n) is 5.66. The first kappa shape index (κ1) is 10.4. The molecule has 1 heterocycles. The molecule has 4 nitrogen and oxygen atoms in total. The molecule has 0 saturated heterocycles. The van der Waals surface area contributed by atoms with Crippen LogP contribution in [0, 0.1) is 0 Å². The van der Waals surface area contributed by atoms with E-state index in [9.17, 15) is 5.11 Å². The molecule has 88 valence electrons. The molecule has 17 heavy (non-hydrogen) atoms. The fourth-order valence-corrected chi connectivity index (χ4v) is 2.13. The number of aliphatic hydroxyl groups is 1. The van der Waals surface area contributed by atoms with Crippen molar-refractivity contribution in [3.63, 3.8) is 0 Å². The molecule has 1 aromatic carbocycles. The van der Waals surface area contributed by atoms with E-state index in [2.05, 4.69) is 5.16 Å². The Labute approximate surface area is 98.8 Å². The van der Waals surface area contributed by atoms with Gasteiger partial charge < -0.3 is 14.4 Å². The van der Waals surface area contributed by atoms with E-state index in [-0.39, 0.29) is 6.10 Å². The van der Waals surface area contributed by atoms with Gasteiger partial charge in [0.1, 0.15) is 12.4 Å². The first-order valence-corrected chi connectivity index (χ1v) is 5.66. The minimum atomic E-state index is -0.312. The molecule has 1 aromatic heterocycles. The van der Waals surface area contributed by atoms with Crippen LogP contribution in [0.5, 0.6) is 5.75 Å². The molecule has 0 amide bonds. The Balaban J connectivity index is 1.72. The van der Waals surface area contributed by atoms with Crippen LogP contribution in [0.3, 0.4) is 0 Å². The van der Waals surface area contributed by atoms with Crippen molar-refractivity contribution < 1.29 is 14.4 Å². The van der Waals surface area contributed by atoms with Crippen molar-refractivity contribution in [3.05, 3.63) is 47.3 Å². The summed E-state index contributed by atoms with van der Waals surface area (Å²) in [6, 6.07) is 7.57. The fourth-order valence-electron chi connectivity index (χ4n) is 2.13. The summed E-state index contributed by atoms with van der Waals surface area (Å²) in [7, 11) is 0. The van der Waals surface area contributed by atoms with Gasteiger partial charge in [-0.15, -0.1) is 0 Å². The summed E-state index contributed by atoms with van der Waals surface area (Å²) < 4.78 is 10.5. The second kappa shape index (κ2) is 4.22. The molecule has 0 radical (unpaired) electrons. The molecular weight excluding hydrogens is 218 g/mol. The third-order valence-electron chi connectivity index (χ3n) is 3.03. The molecule has 0 spiro atoms. The molecule has 1 aliphatic carbocycles. The monoisotopic (exact) mass is 231 g/mol. The van der Waals surface area contributed by atoms with Crippen molar-refractivity contribution in [2.75, 3.05) is 0 Å². The smallest absolute Gasteiger partial charge is 0.174 e. The Morgan fingerprint density at radius 1 is 1.41 bits per heavy atom. The van der Waals surface area contributed by atoms with Gasteiger partial charge in [-0.3, -0.25) is 0 Å². The number of nitrogens with zero attached hydrogens (tertiary/aromatic N) is 1. The van der Waals surface area contributed by atoms with Crippen LogP contribution < -0.4 is 4.74 Å². The molecule has 3 rings (SSSR count). The van der Waals surface area contributed by atoms with Crippen LogP contribution in [-0.2, 0) is 13.0 Å². The highest BCUT2D eigenvalue weighted by molar-refractivity contribution is 5.39. The van der Waals surface area contributed by atoms with Crippen molar-refractivity contribution in [2.24, 2.45) is 0 Å². The van der Waals surface area contributed by atoms with E-state index < -0.39 is 0 Å². The molecule has 2 aromatic rings. The highest BCUT2D eigenvalue weighted by atomic mass is 16.5. The van der Waals surface area contributed by atoms with Gasteiger partial charge in [0, 0.05) is 6.07 Å². The summed E-state index contributed by atoms with van der Waals surface area (Å²) >= 11 is 0. The number of benzene rings is 1. The number of hydrogen-bond acceptors (Lipinski definition) is 4. The number of aromatic nitrogens is 1. The van der Waals surface area contributed by atoms with Crippen LogP contribution in [0.2, 0.25) is 0 Å². The van der Waals surface area contributed by atoms with E-state index in [0.29, 0.717) is 12.4 Å². The lowest BCUT2D eigenvalue weighted by Crippen LogP contribution is -1.95. The van der Waals surface area contributed by atoms with Gasteiger partial charge in [-0.25, -0.2) is 0 Å². The summed E-state index contributed by atoms with van der Waals surface area (Å²) in [4.78, 5) is 0. The van der Waals surface area contributed by atoms with Gasteiger partial charge in [-0.1, -0.05) is 11.2 Å². The van der Waals surface area contributed by atoms with Crippen LogP contribution in [0.25, 0.3) is 0 Å². The van der Waals surface area contributed by atoms with Crippen LogP contribution in [0.1, 0.15) is 29.4 Å². The average Bonchev–Trinajstić information content (AvgIpc) is 2.97. The van der Waals surface area contributed by atoms with Crippen LogP contribution in [-0.4, -0.2) is 10.3 Å². The van der Waals surface area contributed by atoms with E-state index in [1.54, 1.807) is 12.3 Å². The second-order valence-corrected chi connectivity index (χ2v) is 4.18. The lowest BCUT2D eigenvalue weighted by Gasteiger charge is -2.07. The summed E-state index contributed by atoms with van der Waals surface area (Å²) in [6.45, 7) is 0.376. The maximum Gasteiger partial charge on any atom is 0.174 e. The van der Waals surface area contributed by atoms with Crippen LogP contribution in [0.4, 0.5) is 0 Å². The van der Waals surface area contributed by atoms with Gasteiger partial charge in [0.25, 0.3) is 0 Å². The van der Waals surface area contributed by atoms with Crippen molar-refractivity contribution in [2.45, 2.75) is 25.6 Å². The number of aliphatic hydroxyl groups excluding tert-OH is 1. The molecule has 0 unspecified atom stereocenters. The molecular formula is C13H13NO3. The van der Waals surface area contributed by atoms with Gasteiger partial charge in [0.15, 0.2) is 5.76 Å². The second-order valence-electron chi connectivity index (χ2n) is 4.18. The highest BCUT2D eigenvalue weighted by Crippen LogP contribution is 2.33. The summed E-state index contributed by atoms with van der Waals surface area (Å²) in [5, 5.41) is 13.3. The van der Waals surface area contributed by atoms with Gasteiger partial charge >= 0.3 is 0 Å². The van der Waals surface area contributed by atoms with Gasteiger partial charge in [0.2, 0.25) is 0 Å². The number of aryl methyl sites for hydroxylation is 1. The average molecular weight is 231 g/mol. The van der Waals surface area contributed by atoms with Gasteiger partial charge in [-0.05, 0) is 36.1 Å². The molecule has 0 saturated carbocycles. The number of rotatable bonds is 3. The third kappa shape index (κ3) is 2.03. The first-order chi connectivity index (χ1) is 8.33. The zero-order valence-electron chi connectivity index (χ0n) is 9.30. The lowest BCUT2D eigenvalue weighted by atomic mass is 10.1. The minimum Gasteiger partial charge on any atom is -0.486 e. The molecule has 4 heteroatoms. The van der Waals surface area contributed by atoms with E-state index in [0.717, 1.165) is 24.2 Å². The summed E-state index contributed by atoms with van der Waals surface area (Å²) in [6.07, 6.45) is 3.00. The molecule has 1 aliphatic rings. The lowest BCUT2D eigenvalue weighted by molar-refractivity contribution is 0.180. The standard InChI is InChI=1S/C13H13NO3/c15-13-4-1-9-7-10(2-3-12(9)13)16-8-11-5-6-14-17-11/h2-3,5-7,13,15H,1,4,8H2/t13-/m1/s1. The zero-order valence-corrected chi connectivity index (χ0v) is 9.30. The van der Waals surface area contributed by atoms with Crippen molar-refractivity contribution >= 4 is 0 Å². The van der Waals surface area contributed by atoms with Crippen LogP contribution >= 0.6 is 0 Å². The zero-order chi connectivity index (χ0) is 11.7. The van der Waals surface area contributed by atoms with Crippen molar-refractivity contribution in [1.82, 2.24) is 5.16 Å². The van der Waals surface area contributed by atoms with Crippen molar-refractivity contribution in [1.29, 1.82) is 0 Å². The maximum atomic E-state index is 9.69. The maximum absolute atomic E-state index is 9.69. The number of ether oxygens (including phenoxy) is 1. The molecule has 0 fully saturated rings. The Kier molecular flexibility index (Phi) is 2.57. The normalized spacial score (nSPS) is 18.1. The highest BCUT2D eigenvalue weighted by Gasteiger charge is 2.20. The number of hydrogen-bond donors (Lipinski definition) is 1. The Bertz CT molecular complexity index is 507. The van der Waals surface area contributed by atoms with Crippen LogP contribution in [0.15, 0.2) is 35.0 Å². The van der Waals surface area contributed by atoms with Gasteiger partial charge in [-0.2, -0.15) is 0 Å². The van der Waals surface area contributed by atoms with Crippen molar-refractivity contribution in [3.8, 4) is 5.75 Å².